The molecule has 7 aromatic rings. The van der Waals surface area contributed by atoms with Crippen molar-refractivity contribution in [3.8, 4) is 22.3 Å². The van der Waals surface area contributed by atoms with Gasteiger partial charge in [-0.2, -0.15) is 0 Å². The Morgan fingerprint density at radius 3 is 1.98 bits per heavy atom. The second-order valence-electron chi connectivity index (χ2n) is 11.8. The second-order valence-corrected chi connectivity index (χ2v) is 11.8. The molecule has 1 aliphatic rings. The summed E-state index contributed by atoms with van der Waals surface area (Å²) in [6, 6.07) is 55.4. The molecule has 200 valence electrons. The van der Waals surface area contributed by atoms with Crippen LogP contribution in [0.1, 0.15) is 25.0 Å². The molecular formula is C41H31N. The molecule has 0 heterocycles. The molecule has 0 amide bonds. The molecule has 42 heavy (non-hydrogen) atoms. The highest BCUT2D eigenvalue weighted by Gasteiger charge is 2.36. The number of anilines is 3. The van der Waals surface area contributed by atoms with Gasteiger partial charge in [0.25, 0.3) is 0 Å². The number of para-hydroxylation sites is 1. The maximum Gasteiger partial charge on any atom is 0.0540 e. The first kappa shape index (κ1) is 24.6. The average molecular weight is 538 g/mol. The molecule has 0 aromatic heterocycles. The van der Waals surface area contributed by atoms with E-state index in [2.05, 4.69) is 170 Å². The Kier molecular flexibility index (Phi) is 5.55. The predicted octanol–water partition coefficient (Wildman–Crippen LogP) is 11.4. The standard InChI is InChI=1S/C41H31N/c1-41(2)37-20-10-8-18-34(37)35-26-24-30(27-38(35)41)42(39-21-11-9-17-32(39)28-13-4-3-5-14-28)40-22-12-19-33-31-16-7-6-15-29(31)23-25-36(33)40/h3-27H,1-2H3. The maximum atomic E-state index is 2.47. The van der Waals surface area contributed by atoms with Gasteiger partial charge in [0, 0.05) is 22.1 Å². The van der Waals surface area contributed by atoms with E-state index in [4.69, 9.17) is 0 Å². The van der Waals surface area contributed by atoms with Gasteiger partial charge < -0.3 is 4.90 Å². The van der Waals surface area contributed by atoms with Crippen LogP contribution >= 0.6 is 0 Å². The molecule has 8 rings (SSSR count). The molecule has 0 unspecified atom stereocenters. The molecule has 1 nitrogen and oxygen atoms in total. The molecule has 0 N–H and O–H groups in total. The van der Waals surface area contributed by atoms with Gasteiger partial charge in [0.05, 0.1) is 11.4 Å². The highest BCUT2D eigenvalue weighted by atomic mass is 15.1. The van der Waals surface area contributed by atoms with Crippen molar-refractivity contribution < 1.29 is 0 Å². The highest BCUT2D eigenvalue weighted by molar-refractivity contribution is 6.13. The fourth-order valence-electron chi connectivity index (χ4n) is 6.99. The largest absolute Gasteiger partial charge is 0.309 e. The molecule has 0 saturated heterocycles. The van der Waals surface area contributed by atoms with Crippen molar-refractivity contribution in [2.75, 3.05) is 4.90 Å². The van der Waals surface area contributed by atoms with Crippen molar-refractivity contribution >= 4 is 38.6 Å². The van der Waals surface area contributed by atoms with E-state index >= 15 is 0 Å². The zero-order valence-corrected chi connectivity index (χ0v) is 23.9. The van der Waals surface area contributed by atoms with E-state index in [9.17, 15) is 0 Å². The van der Waals surface area contributed by atoms with Crippen LogP contribution in [-0.2, 0) is 5.41 Å². The van der Waals surface area contributed by atoms with Crippen molar-refractivity contribution in [3.63, 3.8) is 0 Å². The molecule has 7 aromatic carbocycles. The van der Waals surface area contributed by atoms with Gasteiger partial charge in [0.1, 0.15) is 0 Å². The van der Waals surface area contributed by atoms with Crippen LogP contribution in [0.3, 0.4) is 0 Å². The zero-order chi connectivity index (χ0) is 28.3. The summed E-state index contributed by atoms with van der Waals surface area (Å²) in [6.07, 6.45) is 0. The van der Waals surface area contributed by atoms with Crippen molar-refractivity contribution in [3.05, 3.63) is 163 Å². The summed E-state index contributed by atoms with van der Waals surface area (Å²) in [5.41, 5.74) is 11.3. The Balaban J connectivity index is 1.42. The Labute approximate surface area is 247 Å². The fraction of sp³-hybridized carbons (Fsp3) is 0.0732. The predicted molar refractivity (Wildman–Crippen MR) is 179 cm³/mol. The number of benzene rings is 7. The van der Waals surface area contributed by atoms with Gasteiger partial charge in [-0.25, -0.2) is 0 Å². The molecule has 0 bridgehead atoms. The van der Waals surface area contributed by atoms with Crippen molar-refractivity contribution in [1.29, 1.82) is 0 Å². The molecule has 1 aliphatic carbocycles. The van der Waals surface area contributed by atoms with E-state index in [1.807, 2.05) is 0 Å². The first-order valence-corrected chi connectivity index (χ1v) is 14.7. The van der Waals surface area contributed by atoms with Crippen molar-refractivity contribution in [1.82, 2.24) is 0 Å². The Morgan fingerprint density at radius 1 is 0.429 bits per heavy atom. The van der Waals surface area contributed by atoms with E-state index in [0.29, 0.717) is 0 Å². The SMILES string of the molecule is CC1(C)c2ccccc2-c2ccc(N(c3ccccc3-c3ccccc3)c3cccc4c3ccc3ccccc34)cc21. The molecule has 0 atom stereocenters. The topological polar surface area (TPSA) is 3.24 Å². The van der Waals surface area contributed by atoms with E-state index < -0.39 is 0 Å². The number of rotatable bonds is 4. The lowest BCUT2D eigenvalue weighted by Gasteiger charge is -2.30. The lowest BCUT2D eigenvalue weighted by atomic mass is 9.82. The summed E-state index contributed by atoms with van der Waals surface area (Å²) in [6.45, 7) is 4.71. The zero-order valence-electron chi connectivity index (χ0n) is 23.9. The van der Waals surface area contributed by atoms with E-state index in [1.165, 1.54) is 66.3 Å². The van der Waals surface area contributed by atoms with E-state index in [1.54, 1.807) is 0 Å². The summed E-state index contributed by atoms with van der Waals surface area (Å²) in [4.78, 5) is 2.47. The molecule has 0 radical (unpaired) electrons. The third kappa shape index (κ3) is 3.71. The third-order valence-corrected chi connectivity index (χ3v) is 9.06. The van der Waals surface area contributed by atoms with Crippen LogP contribution < -0.4 is 4.90 Å². The summed E-state index contributed by atoms with van der Waals surface area (Å²) >= 11 is 0. The van der Waals surface area contributed by atoms with Gasteiger partial charge in [-0.15, -0.1) is 0 Å². The highest BCUT2D eigenvalue weighted by Crippen LogP contribution is 2.51. The van der Waals surface area contributed by atoms with Crippen LogP contribution in [0.15, 0.2) is 152 Å². The van der Waals surface area contributed by atoms with Gasteiger partial charge in [0.15, 0.2) is 0 Å². The van der Waals surface area contributed by atoms with Crippen LogP contribution in [0.5, 0.6) is 0 Å². The number of hydrogen-bond acceptors (Lipinski definition) is 1. The van der Waals surface area contributed by atoms with Crippen LogP contribution in [0.4, 0.5) is 17.1 Å². The van der Waals surface area contributed by atoms with Crippen molar-refractivity contribution in [2.45, 2.75) is 19.3 Å². The Bertz CT molecular complexity index is 2120. The van der Waals surface area contributed by atoms with Crippen molar-refractivity contribution in [2.24, 2.45) is 0 Å². The van der Waals surface area contributed by atoms with Crippen LogP contribution in [-0.4, -0.2) is 0 Å². The lowest BCUT2D eigenvalue weighted by molar-refractivity contribution is 0.660. The van der Waals surface area contributed by atoms with E-state index in [-0.39, 0.29) is 5.41 Å². The van der Waals surface area contributed by atoms with Gasteiger partial charge >= 0.3 is 0 Å². The minimum Gasteiger partial charge on any atom is -0.309 e. The summed E-state index contributed by atoms with van der Waals surface area (Å²) in [5.74, 6) is 0. The Hall–Kier alpha value is -5.14. The quantitative estimate of drug-likeness (QED) is 0.202. The number of hydrogen-bond donors (Lipinski definition) is 0. The first-order valence-electron chi connectivity index (χ1n) is 14.7. The number of nitrogens with zero attached hydrogens (tertiary/aromatic N) is 1. The fourth-order valence-corrected chi connectivity index (χ4v) is 6.99. The third-order valence-electron chi connectivity index (χ3n) is 9.06. The maximum absolute atomic E-state index is 2.47. The first-order chi connectivity index (χ1) is 20.6. The molecule has 0 saturated carbocycles. The molecule has 0 fully saturated rings. The van der Waals surface area contributed by atoms with Gasteiger partial charge in [-0.1, -0.05) is 141 Å². The van der Waals surface area contributed by atoms with Crippen LogP contribution in [0.25, 0.3) is 43.8 Å². The van der Waals surface area contributed by atoms with Crippen LogP contribution in [0, 0.1) is 0 Å². The average Bonchev–Trinajstić information content (AvgIpc) is 3.28. The molecule has 0 aliphatic heterocycles. The molecular weight excluding hydrogens is 506 g/mol. The summed E-state index contributed by atoms with van der Waals surface area (Å²) < 4.78 is 0. The monoisotopic (exact) mass is 537 g/mol. The summed E-state index contributed by atoms with van der Waals surface area (Å²) in [5, 5.41) is 5.04. The molecule has 0 spiro atoms. The Morgan fingerprint density at radius 2 is 1.10 bits per heavy atom. The van der Waals surface area contributed by atoms with Gasteiger partial charge in [-0.05, 0) is 68.2 Å². The van der Waals surface area contributed by atoms with Gasteiger partial charge in [0.2, 0.25) is 0 Å². The lowest BCUT2D eigenvalue weighted by Crippen LogP contribution is -2.17. The van der Waals surface area contributed by atoms with Gasteiger partial charge in [-0.3, -0.25) is 0 Å². The normalized spacial score (nSPS) is 13.2. The van der Waals surface area contributed by atoms with Crippen LogP contribution in [0.2, 0.25) is 0 Å². The van der Waals surface area contributed by atoms with E-state index in [0.717, 1.165) is 5.69 Å². The summed E-state index contributed by atoms with van der Waals surface area (Å²) in [7, 11) is 0. The molecule has 1 heteroatoms. The smallest absolute Gasteiger partial charge is 0.0540 e. The number of fused-ring (bicyclic) bond motifs is 6. The second kappa shape index (κ2) is 9.46. The minimum absolute atomic E-state index is 0.0818. The minimum atomic E-state index is -0.0818.